The quantitative estimate of drug-likeness (QED) is 0.791. The third-order valence-electron chi connectivity index (χ3n) is 4.12. The largest absolute Gasteiger partial charge is 0.321 e. The van der Waals surface area contributed by atoms with Gasteiger partial charge in [-0.1, -0.05) is 36.4 Å². The van der Waals surface area contributed by atoms with E-state index in [9.17, 15) is 19.2 Å². The molecule has 6 heteroatoms. The second-order valence-electron chi connectivity index (χ2n) is 6.34. The summed E-state index contributed by atoms with van der Waals surface area (Å²) < 4.78 is 0. The van der Waals surface area contributed by atoms with Crippen molar-refractivity contribution in [3.8, 4) is 0 Å². The number of allylic oxidation sites excluding steroid dienone is 2. The summed E-state index contributed by atoms with van der Waals surface area (Å²) in [6.07, 6.45) is 2.87. The lowest BCUT2D eigenvalue weighted by Gasteiger charge is -1.96. The summed E-state index contributed by atoms with van der Waals surface area (Å²) in [4.78, 5) is 44.6. The highest BCUT2D eigenvalue weighted by Gasteiger charge is 2.23. The van der Waals surface area contributed by atoms with E-state index in [2.05, 4.69) is 10.6 Å². The molecule has 28 heavy (non-hydrogen) atoms. The number of nitrogens with one attached hydrogen (secondary N) is 2. The Bertz CT molecular complexity index is 978. The molecule has 0 atom stereocenters. The average molecular weight is 374 g/mol. The van der Waals surface area contributed by atoms with Gasteiger partial charge in [-0.15, -0.1) is 0 Å². The van der Waals surface area contributed by atoms with Crippen LogP contribution in [0.5, 0.6) is 0 Å². The first kappa shape index (κ1) is 19.0. The van der Waals surface area contributed by atoms with Gasteiger partial charge in [-0.2, -0.15) is 0 Å². The van der Waals surface area contributed by atoms with Gasteiger partial charge in [0.1, 0.15) is 0 Å². The van der Waals surface area contributed by atoms with E-state index >= 15 is 0 Å². The third-order valence-corrected chi connectivity index (χ3v) is 4.12. The minimum atomic E-state index is -0.145. The molecule has 2 aromatic carbocycles. The fourth-order valence-corrected chi connectivity index (χ4v) is 2.98. The minimum absolute atomic E-state index is 0.0722. The van der Waals surface area contributed by atoms with Crippen molar-refractivity contribution in [1.29, 1.82) is 0 Å². The molecular formula is C22H18N2O4. The highest BCUT2D eigenvalue weighted by Crippen LogP contribution is 2.24. The fraction of sp³-hybridized carbons (Fsp3) is 0.0909. The summed E-state index contributed by atoms with van der Waals surface area (Å²) in [6, 6.07) is 14.4. The van der Waals surface area contributed by atoms with Crippen LogP contribution in [0.1, 0.15) is 45.7 Å². The number of rotatable bonds is 2. The van der Waals surface area contributed by atoms with E-state index < -0.39 is 0 Å². The highest BCUT2D eigenvalue weighted by molar-refractivity contribution is 6.12. The van der Waals surface area contributed by atoms with Crippen LogP contribution < -0.4 is 10.6 Å². The molecule has 2 N–H and O–H groups in total. The van der Waals surface area contributed by atoms with Crippen LogP contribution >= 0.6 is 0 Å². The maximum atomic E-state index is 11.4. The second kappa shape index (κ2) is 7.84. The molecule has 2 aliphatic rings. The van der Waals surface area contributed by atoms with Gasteiger partial charge < -0.3 is 10.6 Å². The smallest absolute Gasteiger partial charge is 0.256 e. The Balaban J connectivity index is 0.000000161. The number of carbonyl (C=O) groups excluding carboxylic acids is 4. The van der Waals surface area contributed by atoms with Gasteiger partial charge in [0.15, 0.2) is 11.6 Å². The zero-order valence-corrected chi connectivity index (χ0v) is 15.4. The van der Waals surface area contributed by atoms with Crippen LogP contribution in [0.4, 0.5) is 0 Å². The molecule has 0 bridgehead atoms. The fourth-order valence-electron chi connectivity index (χ4n) is 2.98. The molecule has 2 amide bonds. The van der Waals surface area contributed by atoms with Crippen LogP contribution in [0.15, 0.2) is 60.7 Å². The molecule has 0 saturated carbocycles. The molecule has 0 saturated heterocycles. The number of ketones is 2. The first-order valence-electron chi connectivity index (χ1n) is 8.63. The van der Waals surface area contributed by atoms with Crippen LogP contribution in [0.3, 0.4) is 0 Å². The lowest BCUT2D eigenvalue weighted by atomic mass is 10.1. The number of hydrogen-bond acceptors (Lipinski definition) is 4. The molecule has 0 fully saturated rings. The van der Waals surface area contributed by atoms with E-state index in [-0.39, 0.29) is 23.4 Å². The number of benzene rings is 2. The van der Waals surface area contributed by atoms with E-state index in [1.54, 1.807) is 24.3 Å². The third kappa shape index (κ3) is 3.96. The number of carbonyl (C=O) groups is 4. The lowest BCUT2D eigenvalue weighted by molar-refractivity contribution is -0.113. The average Bonchev–Trinajstić information content (AvgIpc) is 3.13. The van der Waals surface area contributed by atoms with Gasteiger partial charge in [0.2, 0.25) is 0 Å². The van der Waals surface area contributed by atoms with Crippen LogP contribution in [-0.2, 0) is 9.59 Å². The standard InChI is InChI=1S/2C11H9NO2/c2*1-7(13)6-10-8-4-2-3-5-9(8)11(14)12-10/h2*2-6H,1H3,(H,12,14)/b2*10-6-. The Hall–Kier alpha value is -3.80. The summed E-state index contributed by atoms with van der Waals surface area (Å²) in [5.41, 5.74) is 4.04. The van der Waals surface area contributed by atoms with Crippen molar-refractivity contribution in [3.05, 3.63) is 82.9 Å². The van der Waals surface area contributed by atoms with Crippen molar-refractivity contribution in [2.24, 2.45) is 0 Å². The van der Waals surface area contributed by atoms with Crippen LogP contribution in [0, 0.1) is 0 Å². The van der Waals surface area contributed by atoms with E-state index in [0.717, 1.165) is 11.1 Å². The van der Waals surface area contributed by atoms with Crippen molar-refractivity contribution < 1.29 is 19.2 Å². The Morgan fingerprint density at radius 3 is 1.29 bits per heavy atom. The van der Waals surface area contributed by atoms with Crippen molar-refractivity contribution >= 4 is 34.8 Å². The van der Waals surface area contributed by atoms with Gasteiger partial charge in [0, 0.05) is 34.4 Å². The molecule has 0 aromatic heterocycles. The number of amides is 2. The summed E-state index contributed by atoms with van der Waals surface area (Å²) in [7, 11) is 0. The molecule has 140 valence electrons. The molecule has 6 nitrogen and oxygen atoms in total. The predicted molar refractivity (Wildman–Crippen MR) is 105 cm³/mol. The van der Waals surface area contributed by atoms with E-state index in [1.807, 2.05) is 24.3 Å². The maximum Gasteiger partial charge on any atom is 0.256 e. The Kier molecular flexibility index (Phi) is 5.31. The van der Waals surface area contributed by atoms with Crippen molar-refractivity contribution in [3.63, 3.8) is 0 Å². The molecule has 2 aromatic rings. The summed E-state index contributed by atoms with van der Waals surface area (Å²) >= 11 is 0. The Morgan fingerprint density at radius 1 is 0.643 bits per heavy atom. The summed E-state index contributed by atoms with van der Waals surface area (Å²) in [6.45, 7) is 2.92. The zero-order valence-electron chi connectivity index (χ0n) is 15.4. The molecule has 0 aliphatic carbocycles. The van der Waals surface area contributed by atoms with E-state index in [0.29, 0.717) is 22.5 Å². The number of fused-ring (bicyclic) bond motifs is 2. The van der Waals surface area contributed by atoms with Gasteiger partial charge in [-0.3, -0.25) is 19.2 Å². The highest BCUT2D eigenvalue weighted by atomic mass is 16.2. The summed E-state index contributed by atoms with van der Waals surface area (Å²) in [5, 5.41) is 5.30. The molecule has 4 rings (SSSR count). The zero-order chi connectivity index (χ0) is 20.3. The van der Waals surface area contributed by atoms with Gasteiger partial charge in [-0.05, 0) is 26.0 Å². The molecular weight excluding hydrogens is 356 g/mol. The Labute approximate surface area is 161 Å². The SMILES string of the molecule is CC(=O)/C=C1\NC(=O)c2ccccc21.CC(=O)/C=C1\NC(=O)c2ccccc21. The van der Waals surface area contributed by atoms with Gasteiger partial charge in [0.05, 0.1) is 11.4 Å². The molecule has 2 heterocycles. The summed E-state index contributed by atoms with van der Waals surface area (Å²) in [5.74, 6) is -0.435. The topological polar surface area (TPSA) is 92.3 Å². The molecule has 2 aliphatic heterocycles. The Morgan fingerprint density at radius 2 is 0.964 bits per heavy atom. The van der Waals surface area contributed by atoms with Crippen molar-refractivity contribution in [1.82, 2.24) is 10.6 Å². The predicted octanol–water partition coefficient (Wildman–Crippen LogP) is 2.72. The monoisotopic (exact) mass is 374 g/mol. The lowest BCUT2D eigenvalue weighted by Crippen LogP contribution is -2.12. The number of hydrogen-bond donors (Lipinski definition) is 2. The maximum absolute atomic E-state index is 11.4. The van der Waals surface area contributed by atoms with E-state index in [4.69, 9.17) is 0 Å². The van der Waals surface area contributed by atoms with Crippen molar-refractivity contribution in [2.75, 3.05) is 0 Å². The first-order valence-corrected chi connectivity index (χ1v) is 8.63. The van der Waals surface area contributed by atoms with Gasteiger partial charge in [-0.25, -0.2) is 0 Å². The van der Waals surface area contributed by atoms with Crippen LogP contribution in [-0.4, -0.2) is 23.4 Å². The van der Waals surface area contributed by atoms with Crippen LogP contribution in [0.25, 0.3) is 11.4 Å². The molecule has 0 unspecified atom stereocenters. The molecule has 0 spiro atoms. The minimum Gasteiger partial charge on any atom is -0.321 e. The van der Waals surface area contributed by atoms with Crippen LogP contribution in [0.2, 0.25) is 0 Å². The van der Waals surface area contributed by atoms with Crippen molar-refractivity contribution in [2.45, 2.75) is 13.8 Å². The van der Waals surface area contributed by atoms with E-state index in [1.165, 1.54) is 26.0 Å². The van der Waals surface area contributed by atoms with Gasteiger partial charge >= 0.3 is 0 Å². The molecule has 0 radical (unpaired) electrons. The second-order valence-corrected chi connectivity index (χ2v) is 6.34. The normalized spacial score (nSPS) is 16.6. The van der Waals surface area contributed by atoms with Gasteiger partial charge in [0.25, 0.3) is 11.8 Å². The first-order chi connectivity index (χ1) is 13.4.